The smallest absolute Gasteiger partial charge is 0.00646 e. The molecule has 0 aliphatic carbocycles. The SMILES string of the molecule is C/C=C(\C=C/CC)C(C)CCSC.CC. The van der Waals surface area contributed by atoms with Crippen LogP contribution in [0.1, 0.15) is 47.5 Å². The normalized spacial score (nSPS) is 13.6. The molecule has 0 saturated carbocycles. The van der Waals surface area contributed by atoms with Gasteiger partial charge in [0.15, 0.2) is 0 Å². The first-order chi connectivity index (χ1) is 7.26. The van der Waals surface area contributed by atoms with E-state index in [4.69, 9.17) is 0 Å². The van der Waals surface area contributed by atoms with Crippen LogP contribution in [0.25, 0.3) is 0 Å². The van der Waals surface area contributed by atoms with Gasteiger partial charge in [-0.05, 0) is 43.3 Å². The van der Waals surface area contributed by atoms with Gasteiger partial charge in [-0.1, -0.05) is 45.9 Å². The van der Waals surface area contributed by atoms with Gasteiger partial charge in [-0.15, -0.1) is 0 Å². The second-order valence-electron chi connectivity index (χ2n) is 3.28. The largest absolute Gasteiger partial charge is 0.165 e. The summed E-state index contributed by atoms with van der Waals surface area (Å²) in [5, 5.41) is 0. The third-order valence-corrected chi connectivity index (χ3v) is 2.85. The average molecular weight is 228 g/mol. The van der Waals surface area contributed by atoms with Gasteiger partial charge in [0.05, 0.1) is 0 Å². The van der Waals surface area contributed by atoms with Gasteiger partial charge in [-0.3, -0.25) is 0 Å². The molecule has 0 nitrogen and oxygen atoms in total. The van der Waals surface area contributed by atoms with Crippen molar-refractivity contribution in [2.75, 3.05) is 12.0 Å². The molecule has 1 atom stereocenters. The maximum absolute atomic E-state index is 2.31. The third-order valence-electron chi connectivity index (χ3n) is 2.20. The Balaban J connectivity index is 0. The number of rotatable bonds is 6. The minimum Gasteiger partial charge on any atom is -0.165 e. The zero-order valence-electron chi connectivity index (χ0n) is 11.3. The fraction of sp³-hybridized carbons (Fsp3) is 0.714. The zero-order valence-corrected chi connectivity index (χ0v) is 12.2. The molecule has 0 aromatic heterocycles. The molecule has 1 unspecified atom stereocenters. The van der Waals surface area contributed by atoms with E-state index in [9.17, 15) is 0 Å². The maximum Gasteiger partial charge on any atom is -0.00646 e. The van der Waals surface area contributed by atoms with Crippen LogP contribution in [0.2, 0.25) is 0 Å². The molecule has 0 radical (unpaired) electrons. The summed E-state index contributed by atoms with van der Waals surface area (Å²) in [6.45, 7) is 10.6. The van der Waals surface area contributed by atoms with Crippen LogP contribution in [-0.2, 0) is 0 Å². The topological polar surface area (TPSA) is 0 Å². The van der Waals surface area contributed by atoms with E-state index >= 15 is 0 Å². The number of allylic oxidation sites excluding steroid dienone is 4. The predicted molar refractivity (Wildman–Crippen MR) is 76.7 cm³/mol. The van der Waals surface area contributed by atoms with E-state index in [0.717, 1.165) is 6.42 Å². The van der Waals surface area contributed by atoms with Crippen LogP contribution in [0.5, 0.6) is 0 Å². The first-order valence-electron chi connectivity index (χ1n) is 6.07. The monoisotopic (exact) mass is 228 g/mol. The molecule has 0 fully saturated rings. The Kier molecular flexibility index (Phi) is 15.9. The predicted octanol–water partition coefficient (Wildman–Crippen LogP) is 5.31. The van der Waals surface area contributed by atoms with Gasteiger partial charge >= 0.3 is 0 Å². The molecule has 0 N–H and O–H groups in total. The summed E-state index contributed by atoms with van der Waals surface area (Å²) < 4.78 is 0. The molecule has 0 rings (SSSR count). The molecule has 0 spiro atoms. The molecule has 0 amide bonds. The molecular weight excluding hydrogens is 200 g/mol. The van der Waals surface area contributed by atoms with Crippen LogP contribution < -0.4 is 0 Å². The summed E-state index contributed by atoms with van der Waals surface area (Å²) in [6.07, 6.45) is 11.3. The van der Waals surface area contributed by atoms with Crippen molar-refractivity contribution < 1.29 is 0 Å². The summed E-state index contributed by atoms with van der Waals surface area (Å²) in [4.78, 5) is 0. The van der Waals surface area contributed by atoms with Crippen LogP contribution in [0.4, 0.5) is 0 Å². The maximum atomic E-state index is 2.31. The van der Waals surface area contributed by atoms with Crippen LogP contribution in [0, 0.1) is 5.92 Å². The summed E-state index contributed by atoms with van der Waals surface area (Å²) in [6, 6.07) is 0. The second kappa shape index (κ2) is 13.8. The lowest BCUT2D eigenvalue weighted by atomic mass is 9.98. The van der Waals surface area contributed by atoms with Gasteiger partial charge in [0.2, 0.25) is 0 Å². The second-order valence-corrected chi connectivity index (χ2v) is 4.27. The van der Waals surface area contributed by atoms with Crippen LogP contribution in [0.3, 0.4) is 0 Å². The van der Waals surface area contributed by atoms with E-state index in [2.05, 4.69) is 45.3 Å². The number of thioether (sulfide) groups is 1. The van der Waals surface area contributed by atoms with Gasteiger partial charge in [0.1, 0.15) is 0 Å². The van der Waals surface area contributed by atoms with E-state index < -0.39 is 0 Å². The molecule has 0 aromatic carbocycles. The molecule has 15 heavy (non-hydrogen) atoms. The average Bonchev–Trinajstić information content (AvgIpc) is 2.30. The summed E-state index contributed by atoms with van der Waals surface area (Å²) in [7, 11) is 0. The van der Waals surface area contributed by atoms with E-state index in [1.165, 1.54) is 17.7 Å². The standard InChI is InChI=1S/C12H22S.C2H6/c1-5-7-8-12(6-2)11(3)9-10-13-4;1-2/h6-8,11H,5,9-10H2,1-4H3;1-2H3/b8-7-,12-6+;. The summed E-state index contributed by atoms with van der Waals surface area (Å²) in [5.74, 6) is 1.97. The Morgan fingerprint density at radius 3 is 2.33 bits per heavy atom. The van der Waals surface area contributed by atoms with Crippen molar-refractivity contribution >= 4 is 11.8 Å². The lowest BCUT2D eigenvalue weighted by molar-refractivity contribution is 0.675. The van der Waals surface area contributed by atoms with Gasteiger partial charge < -0.3 is 0 Å². The fourth-order valence-electron chi connectivity index (χ4n) is 1.26. The van der Waals surface area contributed by atoms with Crippen molar-refractivity contribution in [3.63, 3.8) is 0 Å². The van der Waals surface area contributed by atoms with Crippen molar-refractivity contribution in [1.29, 1.82) is 0 Å². The molecule has 0 bridgehead atoms. The van der Waals surface area contributed by atoms with Crippen molar-refractivity contribution in [1.82, 2.24) is 0 Å². The lowest BCUT2D eigenvalue weighted by Crippen LogP contribution is -1.98. The summed E-state index contributed by atoms with van der Waals surface area (Å²) >= 11 is 1.93. The number of hydrogen-bond donors (Lipinski definition) is 0. The highest BCUT2D eigenvalue weighted by Gasteiger charge is 2.03. The van der Waals surface area contributed by atoms with Crippen molar-refractivity contribution in [2.45, 2.75) is 47.5 Å². The highest BCUT2D eigenvalue weighted by atomic mass is 32.2. The lowest BCUT2D eigenvalue weighted by Gasteiger charge is -2.11. The molecule has 0 saturated heterocycles. The van der Waals surface area contributed by atoms with Gasteiger partial charge in [0.25, 0.3) is 0 Å². The Morgan fingerprint density at radius 2 is 1.93 bits per heavy atom. The van der Waals surface area contributed by atoms with E-state index in [1.807, 2.05) is 25.6 Å². The molecule has 0 aliphatic rings. The first-order valence-corrected chi connectivity index (χ1v) is 7.47. The Morgan fingerprint density at radius 1 is 1.33 bits per heavy atom. The molecule has 0 aromatic rings. The highest BCUT2D eigenvalue weighted by molar-refractivity contribution is 7.98. The fourth-order valence-corrected chi connectivity index (χ4v) is 1.85. The van der Waals surface area contributed by atoms with Crippen LogP contribution in [0.15, 0.2) is 23.8 Å². The van der Waals surface area contributed by atoms with E-state index in [-0.39, 0.29) is 0 Å². The van der Waals surface area contributed by atoms with Gasteiger partial charge in [0, 0.05) is 0 Å². The summed E-state index contributed by atoms with van der Waals surface area (Å²) in [5.41, 5.74) is 1.48. The molecule has 0 heterocycles. The van der Waals surface area contributed by atoms with E-state index in [0.29, 0.717) is 5.92 Å². The highest BCUT2D eigenvalue weighted by Crippen LogP contribution is 2.18. The Hall–Kier alpha value is -0.170. The van der Waals surface area contributed by atoms with Crippen molar-refractivity contribution in [3.05, 3.63) is 23.8 Å². The molecular formula is C14H28S. The van der Waals surface area contributed by atoms with E-state index in [1.54, 1.807) is 0 Å². The van der Waals surface area contributed by atoms with Gasteiger partial charge in [-0.2, -0.15) is 11.8 Å². The molecule has 90 valence electrons. The van der Waals surface area contributed by atoms with Crippen LogP contribution >= 0.6 is 11.8 Å². The number of hydrogen-bond acceptors (Lipinski definition) is 1. The molecule has 0 aliphatic heterocycles. The first kappa shape index (κ1) is 17.2. The van der Waals surface area contributed by atoms with Gasteiger partial charge in [-0.25, -0.2) is 0 Å². The van der Waals surface area contributed by atoms with Crippen molar-refractivity contribution in [3.8, 4) is 0 Å². The minimum absolute atomic E-state index is 0.709. The molecule has 1 heteroatoms. The quantitative estimate of drug-likeness (QED) is 0.555. The third kappa shape index (κ3) is 10.1. The minimum atomic E-state index is 0.709. The van der Waals surface area contributed by atoms with Crippen LogP contribution in [-0.4, -0.2) is 12.0 Å². The zero-order chi connectivity index (χ0) is 12.1. The Bertz CT molecular complexity index is 168. The van der Waals surface area contributed by atoms with Crippen molar-refractivity contribution in [2.24, 2.45) is 5.92 Å². The Labute approximate surface area is 101 Å².